The Kier molecular flexibility index (Phi) is 1.51. The van der Waals surface area contributed by atoms with E-state index in [1.54, 1.807) is 0 Å². The van der Waals surface area contributed by atoms with Crippen molar-refractivity contribution in [3.05, 3.63) is 12.3 Å². The van der Waals surface area contributed by atoms with Crippen molar-refractivity contribution >= 4 is 0 Å². The Morgan fingerprint density at radius 3 is 3.23 bits per heavy atom. The molecule has 0 aromatic carbocycles. The van der Waals surface area contributed by atoms with E-state index in [1.165, 1.54) is 25.7 Å². The molecule has 13 heavy (non-hydrogen) atoms. The molecule has 0 aromatic rings. The van der Waals surface area contributed by atoms with Gasteiger partial charge in [0.2, 0.25) is 0 Å². The lowest BCUT2D eigenvalue weighted by Gasteiger charge is -2.36. The van der Waals surface area contributed by atoms with Crippen molar-refractivity contribution < 1.29 is 9.47 Å². The second-order valence-electron chi connectivity index (χ2n) is 4.56. The summed E-state index contributed by atoms with van der Waals surface area (Å²) in [6, 6.07) is 0. The Labute approximate surface area is 78.9 Å². The highest BCUT2D eigenvalue weighted by Gasteiger charge is 2.58. The molecular weight excluding hydrogens is 164 g/mol. The summed E-state index contributed by atoms with van der Waals surface area (Å²) in [5, 5.41) is 0. The van der Waals surface area contributed by atoms with E-state index >= 15 is 0 Å². The molecule has 1 aliphatic carbocycles. The van der Waals surface area contributed by atoms with E-state index in [1.807, 2.05) is 0 Å². The van der Waals surface area contributed by atoms with Crippen LogP contribution in [0, 0.1) is 5.92 Å². The van der Waals surface area contributed by atoms with Crippen LogP contribution >= 0.6 is 0 Å². The van der Waals surface area contributed by atoms with Gasteiger partial charge in [0.25, 0.3) is 0 Å². The van der Waals surface area contributed by atoms with Gasteiger partial charge in [0, 0.05) is 12.3 Å². The molecule has 0 radical (unpaired) electrons. The van der Waals surface area contributed by atoms with Gasteiger partial charge in [0.15, 0.2) is 0 Å². The van der Waals surface area contributed by atoms with Crippen molar-refractivity contribution in [2.45, 2.75) is 43.8 Å². The Morgan fingerprint density at radius 2 is 2.31 bits per heavy atom. The normalized spacial score (nSPS) is 48.5. The Morgan fingerprint density at radius 1 is 1.38 bits per heavy atom. The molecule has 2 saturated heterocycles. The average molecular weight is 180 g/mol. The lowest BCUT2D eigenvalue weighted by Crippen LogP contribution is -2.43. The van der Waals surface area contributed by atoms with Gasteiger partial charge in [-0.25, -0.2) is 0 Å². The van der Waals surface area contributed by atoms with Gasteiger partial charge in [0.05, 0.1) is 12.4 Å². The van der Waals surface area contributed by atoms with Crippen LogP contribution < -0.4 is 0 Å². The maximum Gasteiger partial charge on any atom is 0.140 e. The van der Waals surface area contributed by atoms with Crippen LogP contribution in [-0.2, 0) is 9.47 Å². The van der Waals surface area contributed by atoms with E-state index in [-0.39, 0.29) is 5.60 Å². The molecule has 0 aromatic heterocycles. The van der Waals surface area contributed by atoms with Crippen molar-refractivity contribution in [3.8, 4) is 0 Å². The Bertz CT molecular complexity index is 246. The molecule has 1 saturated carbocycles. The second kappa shape index (κ2) is 2.50. The summed E-state index contributed by atoms with van der Waals surface area (Å²) in [7, 11) is 0. The van der Waals surface area contributed by atoms with Gasteiger partial charge in [0.1, 0.15) is 11.7 Å². The van der Waals surface area contributed by atoms with Gasteiger partial charge in [-0.15, -0.1) is 0 Å². The molecule has 0 amide bonds. The van der Waals surface area contributed by atoms with E-state index in [2.05, 4.69) is 6.58 Å². The predicted molar refractivity (Wildman–Crippen MR) is 49.3 cm³/mol. The third kappa shape index (κ3) is 0.925. The van der Waals surface area contributed by atoms with Crippen molar-refractivity contribution in [1.29, 1.82) is 0 Å². The van der Waals surface area contributed by atoms with Crippen LogP contribution in [0.1, 0.15) is 32.1 Å². The first kappa shape index (κ1) is 7.86. The van der Waals surface area contributed by atoms with E-state index in [0.29, 0.717) is 12.0 Å². The van der Waals surface area contributed by atoms with Gasteiger partial charge in [-0.1, -0.05) is 13.0 Å². The van der Waals surface area contributed by atoms with E-state index in [0.717, 1.165) is 18.8 Å². The first-order valence-corrected chi connectivity index (χ1v) is 5.30. The summed E-state index contributed by atoms with van der Waals surface area (Å²) in [4.78, 5) is 0. The van der Waals surface area contributed by atoms with Crippen LogP contribution in [0.5, 0.6) is 0 Å². The molecule has 2 nitrogen and oxygen atoms in total. The van der Waals surface area contributed by atoms with Gasteiger partial charge in [-0.2, -0.15) is 0 Å². The molecule has 1 spiro atoms. The topological polar surface area (TPSA) is 18.5 Å². The van der Waals surface area contributed by atoms with Crippen molar-refractivity contribution in [3.63, 3.8) is 0 Å². The molecule has 2 heterocycles. The van der Waals surface area contributed by atoms with Crippen LogP contribution in [-0.4, -0.2) is 18.3 Å². The average Bonchev–Trinajstić information content (AvgIpc) is 2.57. The van der Waals surface area contributed by atoms with Gasteiger partial charge in [-0.3, -0.25) is 0 Å². The molecule has 1 unspecified atom stereocenters. The van der Waals surface area contributed by atoms with E-state index < -0.39 is 0 Å². The van der Waals surface area contributed by atoms with Crippen LogP contribution in [0.3, 0.4) is 0 Å². The fraction of sp³-hybridized carbons (Fsp3) is 0.818. The molecule has 3 fully saturated rings. The van der Waals surface area contributed by atoms with E-state index in [9.17, 15) is 0 Å². The second-order valence-corrected chi connectivity index (χ2v) is 4.56. The summed E-state index contributed by atoms with van der Waals surface area (Å²) in [6.07, 6.45) is 6.36. The summed E-state index contributed by atoms with van der Waals surface area (Å²) in [5.74, 6) is 1.59. The number of hydrogen-bond acceptors (Lipinski definition) is 2. The van der Waals surface area contributed by atoms with Gasteiger partial charge in [-0.05, 0) is 19.3 Å². The van der Waals surface area contributed by atoms with Gasteiger partial charge >= 0.3 is 0 Å². The highest BCUT2D eigenvalue weighted by molar-refractivity contribution is 5.13. The molecule has 0 bridgehead atoms. The van der Waals surface area contributed by atoms with Crippen LogP contribution in [0.25, 0.3) is 0 Å². The van der Waals surface area contributed by atoms with Crippen molar-refractivity contribution in [2.75, 3.05) is 6.61 Å². The molecule has 3 aliphatic rings. The SMILES string of the molecule is C=C1C[C@@H]2OC[C@@H]3CCCCC32O1. The summed E-state index contributed by atoms with van der Waals surface area (Å²) < 4.78 is 11.8. The third-order valence-corrected chi connectivity index (χ3v) is 3.85. The largest absolute Gasteiger partial charge is 0.489 e. The number of ether oxygens (including phenoxy) is 2. The zero-order valence-corrected chi connectivity index (χ0v) is 7.92. The highest BCUT2D eigenvalue weighted by atomic mass is 16.6. The Hall–Kier alpha value is -0.500. The minimum absolute atomic E-state index is 0.0509. The lowest BCUT2D eigenvalue weighted by molar-refractivity contribution is -0.0426. The van der Waals surface area contributed by atoms with Crippen LogP contribution in [0.15, 0.2) is 12.3 Å². The zero-order chi connectivity index (χ0) is 8.89. The Balaban J connectivity index is 1.94. The maximum absolute atomic E-state index is 5.96. The van der Waals surface area contributed by atoms with Crippen LogP contribution in [0.4, 0.5) is 0 Å². The molecule has 2 heteroatoms. The highest BCUT2D eigenvalue weighted by Crippen LogP contribution is 2.51. The maximum atomic E-state index is 5.96. The fourth-order valence-electron chi connectivity index (χ4n) is 3.21. The molecule has 3 atom stereocenters. The lowest BCUT2D eigenvalue weighted by atomic mass is 9.75. The van der Waals surface area contributed by atoms with Crippen LogP contribution in [0.2, 0.25) is 0 Å². The first-order chi connectivity index (χ1) is 6.31. The summed E-state index contributed by atoms with van der Waals surface area (Å²) >= 11 is 0. The minimum atomic E-state index is 0.0509. The summed E-state index contributed by atoms with van der Waals surface area (Å²) in [6.45, 7) is 4.83. The number of rotatable bonds is 0. The minimum Gasteiger partial charge on any atom is -0.489 e. The van der Waals surface area contributed by atoms with E-state index in [4.69, 9.17) is 9.47 Å². The first-order valence-electron chi connectivity index (χ1n) is 5.30. The standard InChI is InChI=1S/C11H16O2/c1-8-6-10-11(13-8)5-3-2-4-9(11)7-12-10/h9-10H,1-7H2/t9-,10-,11?/m0/s1. The van der Waals surface area contributed by atoms with Crippen molar-refractivity contribution in [2.24, 2.45) is 5.92 Å². The molecule has 3 rings (SSSR count). The molecule has 72 valence electrons. The monoisotopic (exact) mass is 180 g/mol. The predicted octanol–water partition coefficient (Wildman–Crippen LogP) is 2.25. The quantitative estimate of drug-likeness (QED) is 0.569. The summed E-state index contributed by atoms with van der Waals surface area (Å²) in [5.41, 5.74) is 0.0509. The van der Waals surface area contributed by atoms with Gasteiger partial charge < -0.3 is 9.47 Å². The smallest absolute Gasteiger partial charge is 0.140 e. The molecule has 2 aliphatic heterocycles. The fourth-order valence-corrected chi connectivity index (χ4v) is 3.21. The number of hydrogen-bond donors (Lipinski definition) is 0. The zero-order valence-electron chi connectivity index (χ0n) is 7.92. The molecular formula is C11H16O2. The van der Waals surface area contributed by atoms with Crippen molar-refractivity contribution in [1.82, 2.24) is 0 Å². The molecule has 0 N–H and O–H groups in total. The third-order valence-electron chi connectivity index (χ3n) is 3.85.